The smallest absolute Gasteiger partial charge is 0.327 e. The van der Waals surface area contributed by atoms with Gasteiger partial charge in [-0.25, -0.2) is 0 Å². The molecule has 1 aromatic carbocycles. The molecule has 128 valence electrons. The number of hydrogen-bond acceptors (Lipinski definition) is 6. The largest absolute Gasteiger partial charge is 0.444 e. The Balaban J connectivity index is 1.95. The third-order valence-corrected chi connectivity index (χ3v) is 4.39. The van der Waals surface area contributed by atoms with Crippen molar-refractivity contribution in [2.45, 2.75) is 0 Å². The summed E-state index contributed by atoms with van der Waals surface area (Å²) in [6.07, 6.45) is 0. The zero-order valence-corrected chi connectivity index (χ0v) is 13.8. The van der Waals surface area contributed by atoms with Crippen molar-refractivity contribution < 1.29 is 14.5 Å². The van der Waals surface area contributed by atoms with Gasteiger partial charge >= 0.3 is 5.00 Å². The molecule has 0 aliphatic heterocycles. The van der Waals surface area contributed by atoms with Gasteiger partial charge < -0.3 is 15.5 Å². The maximum atomic E-state index is 12.3. The predicted octanol–water partition coefficient (Wildman–Crippen LogP) is 2.90. The highest BCUT2D eigenvalue weighted by atomic mass is 32.1. The van der Waals surface area contributed by atoms with Crippen molar-refractivity contribution in [3.05, 3.63) is 52.2 Å². The molecule has 0 atom stereocenters. The van der Waals surface area contributed by atoms with Crippen LogP contribution in [0.1, 0.15) is 10.5 Å². The van der Waals surface area contributed by atoms with Crippen LogP contribution in [0.25, 0.3) is 10.9 Å². The van der Waals surface area contributed by atoms with Crippen LogP contribution in [0.3, 0.4) is 0 Å². The zero-order valence-electron chi connectivity index (χ0n) is 13.0. The number of nitrogens with zero attached hydrogens (tertiary/aromatic N) is 2. The average molecular weight is 359 g/mol. The molecule has 0 saturated carbocycles. The molecule has 4 N–H and O–H groups in total. The Labute approximate surface area is 145 Å². The van der Waals surface area contributed by atoms with E-state index >= 15 is 0 Å². The van der Waals surface area contributed by atoms with Gasteiger partial charge in [0.1, 0.15) is 5.69 Å². The quantitative estimate of drug-likeness (QED) is 0.284. The SMILES string of the molecule is CN(C(=N)N)C(=O)c1cc2cccc(Oc3ccc([N+](=O)[O-])s3)c2[nH]1. The standard InChI is InChI=1S/C15H13N5O4S/c1-19(15(16)17)14(21)9-7-8-3-2-4-10(13(8)18-9)24-12-6-5-11(25-12)20(22)23/h2-7,18H,1H3,(H3,16,17). The minimum atomic E-state index is -0.485. The Bertz CT molecular complexity index is 993. The number of aromatic amines is 1. The maximum Gasteiger partial charge on any atom is 0.327 e. The van der Waals surface area contributed by atoms with E-state index in [-0.39, 0.29) is 16.7 Å². The number of para-hydroxylation sites is 1. The number of carbonyl (C=O) groups is 1. The number of hydrogen-bond donors (Lipinski definition) is 3. The molecule has 2 aromatic heterocycles. The van der Waals surface area contributed by atoms with E-state index in [1.807, 2.05) is 0 Å². The third kappa shape index (κ3) is 3.15. The molecule has 1 amide bonds. The summed E-state index contributed by atoms with van der Waals surface area (Å²) >= 11 is 0.911. The molecule has 10 heteroatoms. The lowest BCUT2D eigenvalue weighted by Gasteiger charge is -2.12. The van der Waals surface area contributed by atoms with Crippen molar-refractivity contribution in [3.8, 4) is 10.8 Å². The van der Waals surface area contributed by atoms with E-state index in [2.05, 4.69) is 4.98 Å². The normalized spacial score (nSPS) is 10.6. The summed E-state index contributed by atoms with van der Waals surface area (Å²) in [4.78, 5) is 26.5. The van der Waals surface area contributed by atoms with Crippen LogP contribution >= 0.6 is 11.3 Å². The van der Waals surface area contributed by atoms with Crippen molar-refractivity contribution in [2.24, 2.45) is 5.73 Å². The number of nitrogens with two attached hydrogens (primary N) is 1. The molecule has 0 radical (unpaired) electrons. The summed E-state index contributed by atoms with van der Waals surface area (Å²) in [6, 6.07) is 9.73. The molecule has 2 heterocycles. The Kier molecular flexibility index (Phi) is 4.11. The number of guanidine groups is 1. The molecule has 0 aliphatic rings. The van der Waals surface area contributed by atoms with Crippen LogP contribution in [0.4, 0.5) is 5.00 Å². The molecule has 0 aliphatic carbocycles. The minimum Gasteiger partial charge on any atom is -0.444 e. The first-order valence-electron chi connectivity index (χ1n) is 7.02. The number of carbonyl (C=O) groups excluding carboxylic acids is 1. The van der Waals surface area contributed by atoms with Gasteiger partial charge in [0, 0.05) is 18.5 Å². The van der Waals surface area contributed by atoms with E-state index in [0.717, 1.165) is 21.6 Å². The van der Waals surface area contributed by atoms with Gasteiger partial charge in [-0.1, -0.05) is 12.1 Å². The molecular weight excluding hydrogens is 346 g/mol. The molecule has 25 heavy (non-hydrogen) atoms. The number of fused-ring (bicyclic) bond motifs is 1. The highest BCUT2D eigenvalue weighted by Crippen LogP contribution is 2.36. The number of ether oxygens (including phenoxy) is 1. The molecular formula is C15H13N5O4S. The monoisotopic (exact) mass is 359 g/mol. The fourth-order valence-corrected chi connectivity index (χ4v) is 2.87. The average Bonchev–Trinajstić information content (AvgIpc) is 3.20. The van der Waals surface area contributed by atoms with E-state index in [1.54, 1.807) is 24.3 Å². The molecule has 3 aromatic rings. The molecule has 0 fully saturated rings. The fourth-order valence-electron chi connectivity index (χ4n) is 2.19. The second-order valence-corrected chi connectivity index (χ2v) is 6.13. The van der Waals surface area contributed by atoms with Gasteiger partial charge in [-0.3, -0.25) is 25.2 Å². The Hall–Kier alpha value is -3.40. The summed E-state index contributed by atoms with van der Waals surface area (Å²) in [5.41, 5.74) is 6.14. The van der Waals surface area contributed by atoms with Crippen LogP contribution in [0, 0.1) is 15.5 Å². The fraction of sp³-hybridized carbons (Fsp3) is 0.0667. The molecule has 0 spiro atoms. The lowest BCUT2D eigenvalue weighted by atomic mass is 10.2. The van der Waals surface area contributed by atoms with Gasteiger partial charge in [-0.2, -0.15) is 0 Å². The highest BCUT2D eigenvalue weighted by molar-refractivity contribution is 7.17. The van der Waals surface area contributed by atoms with Crippen LogP contribution < -0.4 is 10.5 Å². The van der Waals surface area contributed by atoms with Crippen molar-refractivity contribution >= 4 is 39.1 Å². The van der Waals surface area contributed by atoms with Gasteiger partial charge in [-0.05, 0) is 29.5 Å². The maximum absolute atomic E-state index is 12.3. The first-order valence-corrected chi connectivity index (χ1v) is 7.84. The Morgan fingerprint density at radius 3 is 2.80 bits per heavy atom. The molecule has 0 bridgehead atoms. The molecule has 0 saturated heterocycles. The number of thiophene rings is 1. The Morgan fingerprint density at radius 2 is 2.16 bits per heavy atom. The van der Waals surface area contributed by atoms with E-state index in [1.165, 1.54) is 19.2 Å². The summed E-state index contributed by atoms with van der Waals surface area (Å²) in [5, 5.41) is 19.2. The van der Waals surface area contributed by atoms with E-state index in [9.17, 15) is 14.9 Å². The number of H-pyrrole nitrogens is 1. The predicted molar refractivity (Wildman–Crippen MR) is 93.4 cm³/mol. The van der Waals surface area contributed by atoms with Gasteiger partial charge in [-0.15, -0.1) is 0 Å². The number of amides is 1. The van der Waals surface area contributed by atoms with Crippen LogP contribution in [0.2, 0.25) is 0 Å². The van der Waals surface area contributed by atoms with Gasteiger partial charge in [0.05, 0.1) is 10.4 Å². The number of rotatable bonds is 4. The van der Waals surface area contributed by atoms with Gasteiger partial charge in [0.2, 0.25) is 0 Å². The number of aromatic nitrogens is 1. The second-order valence-electron chi connectivity index (χ2n) is 5.10. The van der Waals surface area contributed by atoms with Crippen molar-refractivity contribution in [1.82, 2.24) is 9.88 Å². The second kappa shape index (κ2) is 6.24. The molecule has 3 rings (SSSR count). The zero-order chi connectivity index (χ0) is 18.1. The van der Waals surface area contributed by atoms with Crippen LogP contribution in [-0.2, 0) is 0 Å². The van der Waals surface area contributed by atoms with Crippen LogP contribution in [0.5, 0.6) is 10.8 Å². The molecule has 9 nitrogen and oxygen atoms in total. The van der Waals surface area contributed by atoms with Crippen molar-refractivity contribution in [2.75, 3.05) is 7.05 Å². The van der Waals surface area contributed by atoms with Crippen LogP contribution in [0.15, 0.2) is 36.4 Å². The summed E-state index contributed by atoms with van der Waals surface area (Å²) < 4.78 is 5.71. The van der Waals surface area contributed by atoms with Crippen molar-refractivity contribution in [1.29, 1.82) is 5.41 Å². The number of benzene rings is 1. The lowest BCUT2D eigenvalue weighted by Crippen LogP contribution is -2.38. The van der Waals surface area contributed by atoms with E-state index in [4.69, 9.17) is 15.9 Å². The summed E-state index contributed by atoms with van der Waals surface area (Å²) in [6.45, 7) is 0. The summed E-state index contributed by atoms with van der Waals surface area (Å²) in [5.74, 6) is -0.397. The first kappa shape index (κ1) is 16.5. The third-order valence-electron chi connectivity index (χ3n) is 3.47. The number of nitrogens with one attached hydrogen (secondary N) is 2. The first-order chi connectivity index (χ1) is 11.9. The van der Waals surface area contributed by atoms with Gasteiger partial charge in [0.25, 0.3) is 5.91 Å². The highest BCUT2D eigenvalue weighted by Gasteiger charge is 2.18. The lowest BCUT2D eigenvalue weighted by molar-refractivity contribution is -0.380. The minimum absolute atomic E-state index is 0.0207. The topological polar surface area (TPSA) is 138 Å². The Morgan fingerprint density at radius 1 is 1.40 bits per heavy atom. The van der Waals surface area contributed by atoms with E-state index in [0.29, 0.717) is 16.3 Å². The number of nitro groups is 1. The van der Waals surface area contributed by atoms with Crippen molar-refractivity contribution in [3.63, 3.8) is 0 Å². The van der Waals surface area contributed by atoms with Gasteiger partial charge in [0.15, 0.2) is 16.8 Å². The summed E-state index contributed by atoms with van der Waals surface area (Å²) in [7, 11) is 1.40. The molecule has 0 unspecified atom stereocenters. The van der Waals surface area contributed by atoms with E-state index < -0.39 is 10.8 Å². The van der Waals surface area contributed by atoms with Crippen LogP contribution in [-0.4, -0.2) is 33.7 Å².